The topological polar surface area (TPSA) is 12.0 Å². The molecule has 8 heavy (non-hydrogen) atoms. The highest BCUT2D eigenvalue weighted by Crippen LogP contribution is 2.11. The summed E-state index contributed by atoms with van der Waals surface area (Å²) in [6.07, 6.45) is 3.75. The van der Waals surface area contributed by atoms with Crippen LogP contribution >= 0.6 is 11.6 Å². The molecule has 1 nitrogen and oxygen atoms in total. The Morgan fingerprint density at radius 2 is 2.25 bits per heavy atom. The summed E-state index contributed by atoms with van der Waals surface area (Å²) >= 11 is 5.41. The predicted molar refractivity (Wildman–Crippen MR) is 30.6 cm³/mol. The fraction of sp³-hybridized carbons (Fsp3) is 0. The molecule has 0 bridgehead atoms. The van der Waals surface area contributed by atoms with Gasteiger partial charge in [-0.3, -0.25) is 0 Å². The molecule has 1 heterocycles. The van der Waals surface area contributed by atoms with Gasteiger partial charge in [-0.05, 0) is 12.2 Å². The van der Waals surface area contributed by atoms with Crippen molar-refractivity contribution in [2.75, 3.05) is 0 Å². The number of nitrogens with one attached hydrogen (secondary N) is 1. The van der Waals surface area contributed by atoms with E-state index in [2.05, 4.69) is 5.32 Å². The molecule has 1 N–H and O–H groups in total. The number of hydrogen-bond donors (Lipinski definition) is 1. The Morgan fingerprint density at radius 1 is 1.50 bits per heavy atom. The largest absolute Gasteiger partial charge is 0.351 e. The van der Waals surface area contributed by atoms with Crippen LogP contribution in [0.5, 0.6) is 0 Å². The van der Waals surface area contributed by atoms with Gasteiger partial charge in [-0.25, -0.2) is 4.39 Å². The Labute approximate surface area is 51.8 Å². The van der Waals surface area contributed by atoms with E-state index in [4.69, 9.17) is 11.6 Å². The molecule has 0 spiro atoms. The standard InChI is InChI=1S/C5H4ClFN/c6-4-1-2-5(7)8-3-4/h1-3,8H. The summed E-state index contributed by atoms with van der Waals surface area (Å²) in [4.78, 5) is 0. The Hall–Kier alpha value is -0.500. The summed E-state index contributed by atoms with van der Waals surface area (Å²) in [6, 6.07) is 0. The molecule has 1 radical (unpaired) electrons. The van der Waals surface area contributed by atoms with Crippen LogP contribution in [0.4, 0.5) is 4.39 Å². The minimum Gasteiger partial charge on any atom is -0.351 e. The molecule has 0 fully saturated rings. The smallest absolute Gasteiger partial charge is 0.256 e. The molecule has 0 saturated heterocycles. The van der Waals surface area contributed by atoms with Crippen LogP contribution < -0.4 is 5.32 Å². The molecule has 1 rings (SSSR count). The van der Waals surface area contributed by atoms with Crippen molar-refractivity contribution >= 4 is 11.6 Å². The summed E-state index contributed by atoms with van der Waals surface area (Å²) in [6.45, 7) is 0. The first kappa shape index (κ1) is 5.63. The minimum atomic E-state index is -0.380. The van der Waals surface area contributed by atoms with Crippen molar-refractivity contribution in [2.45, 2.75) is 0 Å². The Bertz CT molecular complexity index is 141. The molecule has 0 unspecified atom stereocenters. The maximum absolute atomic E-state index is 12.0. The second-order valence-corrected chi connectivity index (χ2v) is 1.79. The molecule has 0 aromatic heterocycles. The molecule has 0 aromatic carbocycles. The number of halogens is 2. The van der Waals surface area contributed by atoms with Gasteiger partial charge in [0.05, 0.1) is 5.03 Å². The maximum atomic E-state index is 12.0. The fourth-order valence-corrected chi connectivity index (χ4v) is 0.504. The maximum Gasteiger partial charge on any atom is 0.256 e. The van der Waals surface area contributed by atoms with Gasteiger partial charge in [-0.15, -0.1) is 0 Å². The summed E-state index contributed by atoms with van der Waals surface area (Å²) in [5.41, 5.74) is 0. The summed E-state index contributed by atoms with van der Waals surface area (Å²) in [5.74, 6) is 0. The van der Waals surface area contributed by atoms with Crippen LogP contribution in [-0.2, 0) is 0 Å². The third-order valence-electron chi connectivity index (χ3n) is 0.737. The number of allylic oxidation sites excluding steroid dienone is 2. The van der Waals surface area contributed by atoms with Gasteiger partial charge in [0.15, 0.2) is 0 Å². The molecule has 0 aliphatic carbocycles. The first-order valence-corrected chi connectivity index (χ1v) is 2.49. The fourth-order valence-electron chi connectivity index (χ4n) is 0.387. The normalized spacial score (nSPS) is 20.0. The first-order chi connectivity index (χ1) is 3.79. The van der Waals surface area contributed by atoms with Crippen LogP contribution in [0.25, 0.3) is 0 Å². The van der Waals surface area contributed by atoms with Gasteiger partial charge in [0.2, 0.25) is 0 Å². The van der Waals surface area contributed by atoms with Crippen LogP contribution in [0.1, 0.15) is 0 Å². The zero-order valence-corrected chi connectivity index (χ0v) is 4.74. The predicted octanol–water partition coefficient (Wildman–Crippen LogP) is 1.68. The molecule has 1 aliphatic heterocycles. The van der Waals surface area contributed by atoms with Crippen molar-refractivity contribution in [1.29, 1.82) is 0 Å². The molecule has 3 heteroatoms. The summed E-state index contributed by atoms with van der Waals surface area (Å²) in [5, 5.41) is 2.81. The molecule has 0 amide bonds. The van der Waals surface area contributed by atoms with Crippen molar-refractivity contribution in [3.63, 3.8) is 0 Å². The third-order valence-corrected chi connectivity index (χ3v) is 0.972. The second-order valence-electron chi connectivity index (χ2n) is 1.35. The minimum absolute atomic E-state index is 0.380. The van der Waals surface area contributed by atoms with Crippen molar-refractivity contribution < 1.29 is 4.39 Å². The average Bonchev–Trinajstić information content (AvgIpc) is 1.77. The van der Waals surface area contributed by atoms with E-state index in [0.29, 0.717) is 5.03 Å². The lowest BCUT2D eigenvalue weighted by Crippen LogP contribution is -2.09. The van der Waals surface area contributed by atoms with Gasteiger partial charge in [-0.1, -0.05) is 11.6 Å². The lowest BCUT2D eigenvalue weighted by Gasteiger charge is -2.04. The molecule has 0 saturated carbocycles. The summed E-state index contributed by atoms with van der Waals surface area (Å²) in [7, 11) is 0. The molecule has 0 atom stereocenters. The van der Waals surface area contributed by atoms with Crippen molar-refractivity contribution in [3.05, 3.63) is 29.7 Å². The highest BCUT2D eigenvalue weighted by atomic mass is 35.5. The number of hydrogen-bond acceptors (Lipinski definition) is 1. The van der Waals surface area contributed by atoms with Gasteiger partial charge >= 0.3 is 0 Å². The molecule has 43 valence electrons. The van der Waals surface area contributed by atoms with Gasteiger partial charge < -0.3 is 5.32 Å². The van der Waals surface area contributed by atoms with Gasteiger partial charge in [0.25, 0.3) is 6.30 Å². The quantitative estimate of drug-likeness (QED) is 0.495. The Kier molecular flexibility index (Phi) is 1.53. The van der Waals surface area contributed by atoms with Crippen LogP contribution in [0.3, 0.4) is 0 Å². The summed E-state index contributed by atoms with van der Waals surface area (Å²) < 4.78 is 12.0. The Morgan fingerprint density at radius 3 is 2.62 bits per heavy atom. The number of dihydropyridines is 1. The van der Waals surface area contributed by atoms with E-state index in [1.165, 1.54) is 18.4 Å². The lowest BCUT2D eigenvalue weighted by molar-refractivity contribution is 0.495. The zero-order chi connectivity index (χ0) is 5.98. The van der Waals surface area contributed by atoms with E-state index in [1.54, 1.807) is 0 Å². The van der Waals surface area contributed by atoms with Crippen LogP contribution in [0.2, 0.25) is 0 Å². The lowest BCUT2D eigenvalue weighted by atomic mass is 10.4. The van der Waals surface area contributed by atoms with E-state index in [9.17, 15) is 4.39 Å². The highest BCUT2D eigenvalue weighted by Gasteiger charge is 2.03. The molecular weight excluding hydrogens is 129 g/mol. The average molecular weight is 133 g/mol. The van der Waals surface area contributed by atoms with Crippen LogP contribution in [0.15, 0.2) is 23.4 Å². The zero-order valence-electron chi connectivity index (χ0n) is 3.99. The monoisotopic (exact) mass is 132 g/mol. The SMILES string of the molecule is F[C]1C=CC(Cl)=CN1. The van der Waals surface area contributed by atoms with E-state index < -0.39 is 0 Å². The molecular formula is C5H4ClFN. The highest BCUT2D eigenvalue weighted by molar-refractivity contribution is 6.31. The molecule has 1 aliphatic rings. The Balaban J connectivity index is 2.58. The van der Waals surface area contributed by atoms with Crippen LogP contribution in [-0.4, -0.2) is 0 Å². The first-order valence-electron chi connectivity index (χ1n) is 2.12. The van der Waals surface area contributed by atoms with Crippen molar-refractivity contribution in [2.24, 2.45) is 0 Å². The van der Waals surface area contributed by atoms with E-state index in [-0.39, 0.29) is 6.30 Å². The van der Waals surface area contributed by atoms with Gasteiger partial charge in [0, 0.05) is 6.20 Å². The van der Waals surface area contributed by atoms with Crippen molar-refractivity contribution in [3.8, 4) is 0 Å². The number of rotatable bonds is 0. The van der Waals surface area contributed by atoms with E-state index in [0.717, 1.165) is 0 Å². The van der Waals surface area contributed by atoms with E-state index >= 15 is 0 Å². The van der Waals surface area contributed by atoms with E-state index in [1.807, 2.05) is 0 Å². The van der Waals surface area contributed by atoms with Gasteiger partial charge in [0.1, 0.15) is 0 Å². The van der Waals surface area contributed by atoms with Crippen LogP contribution in [0, 0.1) is 6.30 Å². The van der Waals surface area contributed by atoms with Gasteiger partial charge in [-0.2, -0.15) is 0 Å². The second kappa shape index (κ2) is 2.18. The van der Waals surface area contributed by atoms with Crippen molar-refractivity contribution in [1.82, 2.24) is 5.32 Å². The third kappa shape index (κ3) is 1.23. The molecule has 0 aromatic rings.